The summed E-state index contributed by atoms with van der Waals surface area (Å²) in [4.78, 5) is 106. The molecular formula is C82H76N10O19. The number of nitrogens with zero attached hydrogens (tertiary/aromatic N) is 9. The molecule has 3 N–H and O–H groups in total. The number of nitriles is 2. The second-order valence-electron chi connectivity index (χ2n) is 29.8. The highest BCUT2D eigenvalue weighted by atomic mass is 16.7. The number of benzene rings is 8. The lowest BCUT2D eigenvalue weighted by Gasteiger charge is -2.60. The quantitative estimate of drug-likeness (QED) is 0.0218. The summed E-state index contributed by atoms with van der Waals surface area (Å²) in [5, 5.41) is 48.1. The molecule has 4 bridgehead atoms. The summed E-state index contributed by atoms with van der Waals surface area (Å²) < 4.78 is 59.5. The fourth-order valence-electron chi connectivity index (χ4n) is 19.9. The van der Waals surface area contributed by atoms with Crippen molar-refractivity contribution < 1.29 is 86.2 Å². The Kier molecular flexibility index (Phi) is 17.2. The zero-order chi connectivity index (χ0) is 78.1. The van der Waals surface area contributed by atoms with Crippen LogP contribution in [0.25, 0.3) is 21.5 Å². The zero-order valence-electron chi connectivity index (χ0n) is 62.5. The summed E-state index contributed by atoms with van der Waals surface area (Å²) in [6.45, 7) is 9.29. The van der Waals surface area contributed by atoms with Crippen LogP contribution >= 0.6 is 0 Å². The number of nitro groups is 1. The Morgan fingerprint density at radius 1 is 0.577 bits per heavy atom. The number of amides is 4. The maximum atomic E-state index is 14.7. The molecule has 8 aromatic rings. The van der Waals surface area contributed by atoms with Crippen molar-refractivity contribution in [2.75, 3.05) is 74.6 Å². The number of phenols is 1. The number of esters is 2. The number of aryl methyl sites for hydroxylation is 2. The van der Waals surface area contributed by atoms with E-state index in [0.717, 1.165) is 32.7 Å². The monoisotopic (exact) mass is 1500 g/mol. The van der Waals surface area contributed by atoms with Gasteiger partial charge in [-0.3, -0.25) is 68.3 Å². The molecular weight excluding hydrogens is 1430 g/mol. The first-order valence-electron chi connectivity index (χ1n) is 36.4. The van der Waals surface area contributed by atoms with Gasteiger partial charge in [-0.15, -0.1) is 0 Å². The maximum absolute atomic E-state index is 14.7. The number of carbonyl (C=O) groups excluding carboxylic acids is 6. The fourth-order valence-corrected chi connectivity index (χ4v) is 19.9. The number of anilines is 1. The van der Waals surface area contributed by atoms with Gasteiger partial charge in [-0.05, 0) is 125 Å². The number of phenolic OH excluding ortho intramolecular Hbond substituents is 1. The van der Waals surface area contributed by atoms with E-state index in [1.165, 1.54) is 45.1 Å². The molecule has 0 radical (unpaired) electrons. The van der Waals surface area contributed by atoms with Gasteiger partial charge in [0.2, 0.25) is 13.6 Å². The van der Waals surface area contributed by atoms with Crippen LogP contribution in [0, 0.1) is 60.5 Å². The van der Waals surface area contributed by atoms with E-state index in [0.29, 0.717) is 136 Å². The number of imide groups is 2. The van der Waals surface area contributed by atoms with E-state index < -0.39 is 88.8 Å². The van der Waals surface area contributed by atoms with Crippen molar-refractivity contribution in [3.63, 3.8) is 0 Å². The number of hydrogen-bond donors (Lipinski definition) is 2. The minimum Gasteiger partial charge on any atom is -0.504 e. The van der Waals surface area contributed by atoms with E-state index in [1.54, 1.807) is 63.4 Å². The summed E-state index contributed by atoms with van der Waals surface area (Å²) in [5.41, 5.74) is 15.8. The molecule has 18 rings (SSSR count). The molecule has 29 heteroatoms. The molecule has 2 saturated heterocycles. The number of rotatable bonds is 12. The second-order valence-corrected chi connectivity index (χ2v) is 29.8. The van der Waals surface area contributed by atoms with Crippen molar-refractivity contribution in [1.82, 2.24) is 29.4 Å². The Balaban J connectivity index is 0.000000162. The topological polar surface area (TPSA) is 351 Å². The molecule has 0 saturated carbocycles. The van der Waals surface area contributed by atoms with Gasteiger partial charge in [0.15, 0.2) is 52.8 Å². The Hall–Kier alpha value is -12.1. The first-order chi connectivity index (χ1) is 53.3. The molecule has 2 fully saturated rings. The van der Waals surface area contributed by atoms with Crippen LogP contribution in [0.5, 0.6) is 57.5 Å². The molecule has 10 heterocycles. The number of aromatic hydroxyl groups is 1. The van der Waals surface area contributed by atoms with E-state index in [9.17, 15) is 54.5 Å². The normalized spacial score (nSPS) is 23.4. The molecule has 10 aliphatic heterocycles. The number of piperazine rings is 2. The van der Waals surface area contributed by atoms with Gasteiger partial charge in [-0.1, -0.05) is 36.4 Å². The minimum atomic E-state index is -0.910. The van der Waals surface area contributed by atoms with E-state index in [-0.39, 0.29) is 86.7 Å². The fraction of sp³-hybridized carbons (Fsp3) is 0.366. The van der Waals surface area contributed by atoms with Gasteiger partial charge in [0.1, 0.15) is 23.6 Å². The van der Waals surface area contributed by atoms with Gasteiger partial charge in [-0.25, -0.2) is 0 Å². The van der Waals surface area contributed by atoms with Crippen molar-refractivity contribution in [3.8, 4) is 69.6 Å². The van der Waals surface area contributed by atoms with Crippen molar-refractivity contribution in [1.29, 1.82) is 10.5 Å². The van der Waals surface area contributed by atoms with Crippen molar-refractivity contribution in [3.05, 3.63) is 172 Å². The third-order valence-corrected chi connectivity index (χ3v) is 24.1. The predicted molar refractivity (Wildman–Crippen MR) is 395 cm³/mol. The Morgan fingerprint density at radius 2 is 1.03 bits per heavy atom. The third-order valence-electron chi connectivity index (χ3n) is 24.1. The summed E-state index contributed by atoms with van der Waals surface area (Å²) in [6, 6.07) is 19.4. The van der Waals surface area contributed by atoms with Crippen LogP contribution in [0.1, 0.15) is 146 Å². The number of nitro benzene ring substituents is 1. The number of non-ortho nitro benzene ring substituents is 1. The van der Waals surface area contributed by atoms with E-state index in [1.807, 2.05) is 40.1 Å². The van der Waals surface area contributed by atoms with Crippen molar-refractivity contribution >= 4 is 68.5 Å². The summed E-state index contributed by atoms with van der Waals surface area (Å²) in [7, 11) is 8.55. The molecule has 4 amide bonds. The van der Waals surface area contributed by atoms with Crippen LogP contribution in [0.2, 0.25) is 0 Å². The van der Waals surface area contributed by atoms with Crippen molar-refractivity contribution in [2.45, 2.75) is 128 Å². The second kappa shape index (κ2) is 26.6. The lowest BCUT2D eigenvalue weighted by Crippen LogP contribution is -2.69. The number of methoxy groups -OCH3 is 3. The number of ether oxygens (including phenoxy) is 10. The number of nitrogens with two attached hydrogens (primary N) is 1. The van der Waals surface area contributed by atoms with Crippen LogP contribution < -0.4 is 48.4 Å². The largest absolute Gasteiger partial charge is 0.504 e. The van der Waals surface area contributed by atoms with E-state index >= 15 is 0 Å². The summed E-state index contributed by atoms with van der Waals surface area (Å²) >= 11 is 0. The third kappa shape index (κ3) is 10.6. The highest BCUT2D eigenvalue weighted by Crippen LogP contribution is 2.62. The maximum Gasteiger partial charge on any atom is 0.308 e. The molecule has 111 heavy (non-hydrogen) atoms. The molecule has 29 nitrogen and oxygen atoms in total. The summed E-state index contributed by atoms with van der Waals surface area (Å²) in [5.74, 6) is 0.146. The molecule has 0 spiro atoms. The van der Waals surface area contributed by atoms with Gasteiger partial charge >= 0.3 is 11.9 Å². The van der Waals surface area contributed by atoms with E-state index in [2.05, 4.69) is 37.8 Å². The molecule has 568 valence electrons. The number of fused-ring (bicyclic) bond motifs is 18. The highest BCUT2D eigenvalue weighted by Gasteiger charge is 2.61. The Morgan fingerprint density at radius 3 is 1.50 bits per heavy atom. The van der Waals surface area contributed by atoms with Crippen LogP contribution in [0.3, 0.4) is 0 Å². The van der Waals surface area contributed by atoms with Crippen molar-refractivity contribution in [2.24, 2.45) is 0 Å². The average molecular weight is 1510 g/mol. The lowest BCUT2D eigenvalue weighted by molar-refractivity contribution is -0.384. The van der Waals surface area contributed by atoms with Gasteiger partial charge in [0, 0.05) is 142 Å². The van der Waals surface area contributed by atoms with Crippen LogP contribution in [-0.4, -0.2) is 180 Å². The number of nitrogen functional groups attached to an aromatic ring is 1. The smallest absolute Gasteiger partial charge is 0.308 e. The van der Waals surface area contributed by atoms with Gasteiger partial charge in [0.05, 0.1) is 66.6 Å². The van der Waals surface area contributed by atoms with E-state index in [4.69, 9.17) is 53.1 Å². The molecule has 8 aromatic carbocycles. The SMILES string of the molecule is COCOc1c(OC)c(C)cc2c1[C@@H]1[C@@H]3Cc4c(OC(C)=O)c(C)c5c(c4[C@H](CN4C(=O)c6cccc7cc([N+](=O)[O-])cc(c67)C4=O)N3[C@@H](C#N)[C@H](C2)N1C)OCO5.COc1c(C)cc2c(c1O)[C@@H]1[C@@H]3Cc4c(OC(C)=O)c(C)c5c(c4[C@H](CN4C(=O)c6cccc7cc(N)cc(c67)C4=O)N3[C@@H](C#N)[C@H](C2)N1C)OCO5. The van der Waals surface area contributed by atoms with Gasteiger partial charge in [0.25, 0.3) is 29.3 Å². The predicted octanol–water partition coefficient (Wildman–Crippen LogP) is 9.55. The van der Waals surface area contributed by atoms with Crippen LogP contribution in [0.15, 0.2) is 72.8 Å². The number of hydrogen-bond acceptors (Lipinski definition) is 26. The molecule has 0 unspecified atom stereocenters. The standard InChI is InChI=1S/C42H39N5O11.C40H37N5O8/c1-19-10-23-12-28-30(15-43)46-29(35(44(28)4)33(23)39(36(19)54-6)55-17-53-5)14-26-34(40-38(56-18-57-40)20(2)37(26)58-21(3)48)31(46)16-45-41(49)25-9-7-8-22-11-24(47(51)52)13-27(32(22)25)42(45)50;1-17-9-21-11-26-28(14-41)45-27(33(43(26)4)31(21)34(47)35(17)50-5)13-24-32(38-37(51-16-52-38)18(2)36(24)53-19(3)46)29(45)15-44-39(48)23-8-6-7-20-10-22(42)12-25(30(20)23)40(44)49/h7-11,13,28-31,35H,12,14,16-18H2,1-6H3;6-10,12,26-29,33,47H,11,13,15-16,42H2,1-5H3/t28-,29-,30-,31-,35-;26-,27-,28-,29-,33-/m00/s1. The Labute approximate surface area is 635 Å². The summed E-state index contributed by atoms with van der Waals surface area (Å²) in [6.07, 6.45) is 1.45. The van der Waals surface area contributed by atoms with Crippen LogP contribution in [0.4, 0.5) is 11.4 Å². The lowest BCUT2D eigenvalue weighted by atomic mass is 9.71. The average Bonchev–Trinajstić information content (AvgIpc) is 1.53. The zero-order valence-corrected chi connectivity index (χ0v) is 62.5. The number of likely N-dealkylation sites (N-methyl/N-ethyl adjacent to an activating group) is 2. The van der Waals surface area contributed by atoms with Crippen LogP contribution in [-0.2, 0) is 40.0 Å². The first kappa shape index (κ1) is 71.8. The van der Waals surface area contributed by atoms with Gasteiger partial charge < -0.3 is 58.2 Å². The molecule has 0 aromatic heterocycles. The molecule has 10 aliphatic rings. The van der Waals surface area contributed by atoms with Gasteiger partial charge in [-0.2, -0.15) is 10.5 Å². The Bertz CT molecular complexity index is 5610. The molecule has 10 atom stereocenters. The highest BCUT2D eigenvalue weighted by molar-refractivity contribution is 6.27. The first-order valence-corrected chi connectivity index (χ1v) is 36.4. The number of carbonyl (C=O) groups is 6. The minimum absolute atomic E-state index is 0.0182. The molecule has 0 aliphatic carbocycles.